The minimum atomic E-state index is -0.208. The van der Waals surface area contributed by atoms with E-state index in [0.717, 1.165) is 44.7 Å². The number of hydrogen-bond donors (Lipinski definition) is 1. The molecule has 1 N–H and O–H groups in total. The van der Waals surface area contributed by atoms with Crippen LogP contribution in [0.1, 0.15) is 18.4 Å². The van der Waals surface area contributed by atoms with Gasteiger partial charge in [0, 0.05) is 26.3 Å². The van der Waals surface area contributed by atoms with Crippen LogP contribution in [-0.4, -0.2) is 42.9 Å². The lowest BCUT2D eigenvalue weighted by Gasteiger charge is -2.22. The van der Waals surface area contributed by atoms with E-state index in [1.165, 1.54) is 12.1 Å². The fourth-order valence-electron chi connectivity index (χ4n) is 2.44. The van der Waals surface area contributed by atoms with E-state index in [1.54, 1.807) is 12.1 Å². The number of nitrogens with zero attached hydrogens (tertiary/aromatic N) is 1. The Kier molecular flexibility index (Phi) is 5.76. The van der Waals surface area contributed by atoms with Crippen LogP contribution < -0.4 is 0 Å². The summed E-state index contributed by atoms with van der Waals surface area (Å²) in [5, 5.41) is 9.12. The van der Waals surface area contributed by atoms with Gasteiger partial charge in [-0.05, 0) is 43.0 Å². The van der Waals surface area contributed by atoms with E-state index < -0.39 is 0 Å². The molecule has 0 radical (unpaired) electrons. The van der Waals surface area contributed by atoms with Crippen LogP contribution in [0.15, 0.2) is 24.3 Å². The summed E-state index contributed by atoms with van der Waals surface area (Å²) in [6.07, 6.45) is 2.24. The average Bonchev–Trinajstić information content (AvgIpc) is 2.92. The van der Waals surface area contributed by atoms with Gasteiger partial charge in [-0.25, -0.2) is 4.39 Å². The van der Waals surface area contributed by atoms with Gasteiger partial charge in [0.25, 0.3) is 0 Å². The molecule has 3 nitrogen and oxygen atoms in total. The Morgan fingerprint density at radius 2 is 2.05 bits per heavy atom. The molecule has 1 heterocycles. The molecule has 1 aliphatic heterocycles. The standard InChI is InChI=1S/C15H22FNO2/c16-15-3-1-13(2-4-15)11-17(8-9-18)7-5-14-6-10-19-12-14/h1-4,14,18H,5-12H2. The van der Waals surface area contributed by atoms with Crippen LogP contribution in [0.5, 0.6) is 0 Å². The number of aliphatic hydroxyl groups is 1. The van der Waals surface area contributed by atoms with Crippen molar-refractivity contribution in [2.45, 2.75) is 19.4 Å². The van der Waals surface area contributed by atoms with E-state index in [2.05, 4.69) is 4.90 Å². The van der Waals surface area contributed by atoms with Crippen molar-refractivity contribution in [2.24, 2.45) is 5.92 Å². The fourth-order valence-corrected chi connectivity index (χ4v) is 2.44. The summed E-state index contributed by atoms with van der Waals surface area (Å²) < 4.78 is 18.2. The lowest BCUT2D eigenvalue weighted by molar-refractivity contribution is 0.164. The molecule has 1 aliphatic rings. The molecule has 1 unspecified atom stereocenters. The van der Waals surface area contributed by atoms with Gasteiger partial charge in [-0.2, -0.15) is 0 Å². The summed E-state index contributed by atoms with van der Waals surface area (Å²) in [6, 6.07) is 6.57. The first-order valence-electron chi connectivity index (χ1n) is 6.93. The molecule has 1 saturated heterocycles. The van der Waals surface area contributed by atoms with E-state index in [-0.39, 0.29) is 12.4 Å². The summed E-state index contributed by atoms with van der Waals surface area (Å²) in [6.45, 7) is 4.26. The van der Waals surface area contributed by atoms with Crippen molar-refractivity contribution in [1.29, 1.82) is 0 Å². The van der Waals surface area contributed by atoms with Crippen molar-refractivity contribution < 1.29 is 14.2 Å². The monoisotopic (exact) mass is 267 g/mol. The van der Waals surface area contributed by atoms with Crippen LogP contribution in [-0.2, 0) is 11.3 Å². The molecule has 19 heavy (non-hydrogen) atoms. The molecule has 1 fully saturated rings. The van der Waals surface area contributed by atoms with E-state index in [0.29, 0.717) is 12.5 Å². The molecule has 0 bridgehead atoms. The molecule has 0 aromatic heterocycles. The SMILES string of the molecule is OCCN(CCC1CCOC1)Cc1ccc(F)cc1. The molecule has 0 amide bonds. The third-order valence-corrected chi connectivity index (χ3v) is 3.61. The minimum Gasteiger partial charge on any atom is -0.395 e. The Hall–Kier alpha value is -0.970. The van der Waals surface area contributed by atoms with Crippen molar-refractivity contribution >= 4 is 0 Å². The van der Waals surface area contributed by atoms with E-state index in [9.17, 15) is 4.39 Å². The first kappa shape index (κ1) is 14.4. The summed E-state index contributed by atoms with van der Waals surface area (Å²) in [5.41, 5.74) is 1.08. The van der Waals surface area contributed by atoms with Crippen LogP contribution in [0.2, 0.25) is 0 Å². The van der Waals surface area contributed by atoms with Gasteiger partial charge in [-0.15, -0.1) is 0 Å². The van der Waals surface area contributed by atoms with E-state index >= 15 is 0 Å². The minimum absolute atomic E-state index is 0.155. The van der Waals surface area contributed by atoms with Crippen LogP contribution in [0.25, 0.3) is 0 Å². The summed E-state index contributed by atoms with van der Waals surface area (Å²) in [4.78, 5) is 2.21. The predicted molar refractivity (Wildman–Crippen MR) is 72.3 cm³/mol. The first-order chi connectivity index (χ1) is 9.28. The van der Waals surface area contributed by atoms with Gasteiger partial charge in [0.05, 0.1) is 6.61 Å². The van der Waals surface area contributed by atoms with Crippen molar-refractivity contribution in [1.82, 2.24) is 4.90 Å². The van der Waals surface area contributed by atoms with Gasteiger partial charge in [0.15, 0.2) is 0 Å². The zero-order valence-electron chi connectivity index (χ0n) is 11.2. The number of rotatable bonds is 7. The van der Waals surface area contributed by atoms with Crippen LogP contribution in [0, 0.1) is 11.7 Å². The fraction of sp³-hybridized carbons (Fsp3) is 0.600. The molecule has 0 spiro atoms. The molecule has 4 heteroatoms. The summed E-state index contributed by atoms with van der Waals surface area (Å²) in [7, 11) is 0. The lowest BCUT2D eigenvalue weighted by Crippen LogP contribution is -2.29. The second kappa shape index (κ2) is 7.58. The zero-order chi connectivity index (χ0) is 13.5. The smallest absolute Gasteiger partial charge is 0.123 e. The maximum absolute atomic E-state index is 12.9. The first-order valence-corrected chi connectivity index (χ1v) is 6.93. The Balaban J connectivity index is 1.82. The Morgan fingerprint density at radius 3 is 2.68 bits per heavy atom. The number of hydrogen-bond acceptors (Lipinski definition) is 3. The Morgan fingerprint density at radius 1 is 1.26 bits per heavy atom. The number of aliphatic hydroxyl groups excluding tert-OH is 1. The molecular formula is C15H22FNO2. The van der Waals surface area contributed by atoms with Crippen LogP contribution in [0.3, 0.4) is 0 Å². The van der Waals surface area contributed by atoms with Crippen LogP contribution >= 0.6 is 0 Å². The largest absolute Gasteiger partial charge is 0.395 e. The highest BCUT2D eigenvalue weighted by Gasteiger charge is 2.16. The summed E-state index contributed by atoms with van der Waals surface area (Å²) >= 11 is 0. The second-order valence-electron chi connectivity index (χ2n) is 5.14. The topological polar surface area (TPSA) is 32.7 Å². The van der Waals surface area contributed by atoms with E-state index in [1.807, 2.05) is 0 Å². The molecular weight excluding hydrogens is 245 g/mol. The van der Waals surface area contributed by atoms with Gasteiger partial charge in [-0.1, -0.05) is 12.1 Å². The molecule has 106 valence electrons. The highest BCUT2D eigenvalue weighted by molar-refractivity contribution is 5.15. The van der Waals surface area contributed by atoms with Crippen molar-refractivity contribution in [2.75, 3.05) is 32.9 Å². The van der Waals surface area contributed by atoms with Crippen LogP contribution in [0.4, 0.5) is 4.39 Å². The van der Waals surface area contributed by atoms with Crippen molar-refractivity contribution in [3.8, 4) is 0 Å². The normalized spacial score (nSPS) is 19.2. The zero-order valence-corrected chi connectivity index (χ0v) is 11.2. The van der Waals surface area contributed by atoms with Gasteiger partial charge in [-0.3, -0.25) is 4.90 Å². The van der Waals surface area contributed by atoms with Gasteiger partial charge < -0.3 is 9.84 Å². The number of ether oxygens (including phenoxy) is 1. The molecule has 0 saturated carbocycles. The number of halogens is 1. The Bertz CT molecular complexity index is 363. The maximum Gasteiger partial charge on any atom is 0.123 e. The lowest BCUT2D eigenvalue weighted by atomic mass is 10.0. The average molecular weight is 267 g/mol. The molecule has 1 aromatic rings. The Labute approximate surface area is 114 Å². The molecule has 0 aliphatic carbocycles. The quantitative estimate of drug-likeness (QED) is 0.820. The van der Waals surface area contributed by atoms with Gasteiger partial charge >= 0.3 is 0 Å². The second-order valence-corrected chi connectivity index (χ2v) is 5.14. The number of benzene rings is 1. The molecule has 1 aromatic carbocycles. The van der Waals surface area contributed by atoms with E-state index in [4.69, 9.17) is 9.84 Å². The van der Waals surface area contributed by atoms with Crippen molar-refractivity contribution in [3.63, 3.8) is 0 Å². The van der Waals surface area contributed by atoms with Gasteiger partial charge in [0.2, 0.25) is 0 Å². The highest BCUT2D eigenvalue weighted by Crippen LogP contribution is 2.17. The predicted octanol–water partition coefficient (Wildman–Crippen LogP) is 2.05. The summed E-state index contributed by atoms with van der Waals surface area (Å²) in [5.74, 6) is 0.440. The van der Waals surface area contributed by atoms with Gasteiger partial charge in [0.1, 0.15) is 5.82 Å². The molecule has 1 atom stereocenters. The highest BCUT2D eigenvalue weighted by atomic mass is 19.1. The molecule has 2 rings (SSSR count). The third-order valence-electron chi connectivity index (χ3n) is 3.61. The van der Waals surface area contributed by atoms with Crippen molar-refractivity contribution in [3.05, 3.63) is 35.6 Å². The third kappa shape index (κ3) is 4.90. The maximum atomic E-state index is 12.9.